The number of carbonyl (C=O) groups is 1. The Kier molecular flexibility index (Phi) is 2.62. The van der Waals surface area contributed by atoms with Crippen molar-refractivity contribution >= 4 is 17.2 Å². The van der Waals surface area contributed by atoms with Crippen LogP contribution in [0.2, 0.25) is 0 Å². The van der Waals surface area contributed by atoms with Crippen LogP contribution in [0.15, 0.2) is 23.1 Å². The highest BCUT2D eigenvalue weighted by Crippen LogP contribution is 2.39. The fraction of sp³-hybridized carbons (Fsp3) is 0.286. The number of hydrogen-bond donors (Lipinski definition) is 0. The standard InChI is InChI=1S/C14H12FNO3/c1-19-14-11(15)5-4-10-12(14)16(9-2-3-9)6-8(7-17)13(10)18/h4-7,9H,2-3H2,1H3. The van der Waals surface area contributed by atoms with Gasteiger partial charge in [-0.25, -0.2) is 4.39 Å². The number of methoxy groups -OCH3 is 1. The number of hydrogen-bond acceptors (Lipinski definition) is 3. The predicted molar refractivity (Wildman–Crippen MR) is 68.4 cm³/mol. The molecule has 1 saturated carbocycles. The van der Waals surface area contributed by atoms with Gasteiger partial charge in [0.1, 0.15) is 0 Å². The highest BCUT2D eigenvalue weighted by atomic mass is 19.1. The summed E-state index contributed by atoms with van der Waals surface area (Å²) >= 11 is 0. The van der Waals surface area contributed by atoms with Crippen LogP contribution in [0.5, 0.6) is 5.75 Å². The Morgan fingerprint density at radius 2 is 2.16 bits per heavy atom. The highest BCUT2D eigenvalue weighted by molar-refractivity contribution is 5.90. The first-order valence-corrected chi connectivity index (χ1v) is 6.04. The average Bonchev–Trinajstić information content (AvgIpc) is 3.23. The molecule has 1 aliphatic carbocycles. The van der Waals surface area contributed by atoms with Crippen LogP contribution in [0, 0.1) is 5.82 Å². The van der Waals surface area contributed by atoms with E-state index in [4.69, 9.17) is 4.74 Å². The molecule has 0 spiro atoms. The lowest BCUT2D eigenvalue weighted by atomic mass is 10.1. The van der Waals surface area contributed by atoms with E-state index < -0.39 is 5.82 Å². The van der Waals surface area contributed by atoms with Gasteiger partial charge in [-0.1, -0.05) is 0 Å². The van der Waals surface area contributed by atoms with E-state index in [-0.39, 0.29) is 22.8 Å². The maximum atomic E-state index is 13.8. The molecule has 4 nitrogen and oxygen atoms in total. The van der Waals surface area contributed by atoms with Gasteiger partial charge in [-0.2, -0.15) is 0 Å². The van der Waals surface area contributed by atoms with E-state index in [1.54, 1.807) is 4.57 Å². The quantitative estimate of drug-likeness (QED) is 0.796. The third-order valence-electron chi connectivity index (χ3n) is 3.40. The number of rotatable bonds is 3. The summed E-state index contributed by atoms with van der Waals surface area (Å²) < 4.78 is 20.7. The lowest BCUT2D eigenvalue weighted by Gasteiger charge is -2.14. The van der Waals surface area contributed by atoms with Crippen molar-refractivity contribution < 1.29 is 13.9 Å². The molecule has 0 saturated heterocycles. The van der Waals surface area contributed by atoms with Crippen molar-refractivity contribution in [3.63, 3.8) is 0 Å². The predicted octanol–water partition coefficient (Wildman–Crippen LogP) is 2.30. The van der Waals surface area contributed by atoms with Gasteiger partial charge in [-0.05, 0) is 25.0 Å². The molecule has 0 aliphatic heterocycles. The van der Waals surface area contributed by atoms with E-state index in [0.29, 0.717) is 17.2 Å². The molecule has 19 heavy (non-hydrogen) atoms. The van der Waals surface area contributed by atoms with Crippen molar-refractivity contribution in [1.29, 1.82) is 0 Å². The van der Waals surface area contributed by atoms with Crippen molar-refractivity contribution in [3.8, 4) is 5.75 Å². The first-order chi connectivity index (χ1) is 9.17. The number of ether oxygens (including phenoxy) is 1. The van der Waals surface area contributed by atoms with Crippen LogP contribution < -0.4 is 10.2 Å². The Balaban J connectivity index is 2.49. The summed E-state index contributed by atoms with van der Waals surface area (Å²) in [6.45, 7) is 0. The summed E-state index contributed by atoms with van der Waals surface area (Å²) in [7, 11) is 1.37. The minimum absolute atomic E-state index is 0.0546. The fourth-order valence-corrected chi connectivity index (χ4v) is 2.33. The van der Waals surface area contributed by atoms with Crippen LogP contribution in [-0.2, 0) is 0 Å². The zero-order valence-electron chi connectivity index (χ0n) is 10.4. The monoisotopic (exact) mass is 261 g/mol. The third-order valence-corrected chi connectivity index (χ3v) is 3.40. The average molecular weight is 261 g/mol. The number of pyridine rings is 1. The number of aldehydes is 1. The summed E-state index contributed by atoms with van der Waals surface area (Å²) in [5.74, 6) is -0.457. The second-order valence-electron chi connectivity index (χ2n) is 4.65. The van der Waals surface area contributed by atoms with Crippen molar-refractivity contribution in [2.45, 2.75) is 18.9 Å². The van der Waals surface area contributed by atoms with E-state index in [9.17, 15) is 14.0 Å². The zero-order valence-corrected chi connectivity index (χ0v) is 10.4. The first-order valence-electron chi connectivity index (χ1n) is 6.04. The van der Waals surface area contributed by atoms with E-state index >= 15 is 0 Å². The molecular formula is C14H12FNO3. The van der Waals surface area contributed by atoms with Gasteiger partial charge < -0.3 is 9.30 Å². The maximum Gasteiger partial charge on any atom is 0.200 e. The lowest BCUT2D eigenvalue weighted by Crippen LogP contribution is -2.15. The molecule has 1 aliphatic rings. The molecule has 1 heterocycles. The number of carbonyl (C=O) groups excluding carboxylic acids is 1. The lowest BCUT2D eigenvalue weighted by molar-refractivity contribution is 0.112. The van der Waals surface area contributed by atoms with Crippen molar-refractivity contribution in [2.75, 3.05) is 7.11 Å². The minimum atomic E-state index is -0.511. The van der Waals surface area contributed by atoms with Gasteiger partial charge in [0.15, 0.2) is 23.3 Å². The Morgan fingerprint density at radius 3 is 2.74 bits per heavy atom. The van der Waals surface area contributed by atoms with Gasteiger partial charge in [0.25, 0.3) is 0 Å². The number of benzene rings is 1. The second kappa shape index (κ2) is 4.19. The van der Waals surface area contributed by atoms with Crippen LogP contribution in [0.4, 0.5) is 4.39 Å². The molecule has 0 amide bonds. The first kappa shape index (κ1) is 11.9. The van der Waals surface area contributed by atoms with Crippen LogP contribution in [-0.4, -0.2) is 18.0 Å². The molecule has 3 rings (SSSR count). The van der Waals surface area contributed by atoms with Crippen LogP contribution in [0.25, 0.3) is 10.9 Å². The number of halogens is 1. The van der Waals surface area contributed by atoms with E-state index in [1.807, 2.05) is 0 Å². The van der Waals surface area contributed by atoms with Crippen molar-refractivity contribution in [1.82, 2.24) is 4.57 Å². The third kappa shape index (κ3) is 1.73. The maximum absolute atomic E-state index is 13.8. The second-order valence-corrected chi connectivity index (χ2v) is 4.65. The Bertz CT molecular complexity index is 732. The van der Waals surface area contributed by atoms with Gasteiger partial charge in [0.05, 0.1) is 23.6 Å². The summed E-state index contributed by atoms with van der Waals surface area (Å²) in [4.78, 5) is 23.1. The van der Waals surface area contributed by atoms with Crippen molar-refractivity contribution in [2.24, 2.45) is 0 Å². The van der Waals surface area contributed by atoms with Gasteiger partial charge >= 0.3 is 0 Å². The molecule has 1 aromatic heterocycles. The van der Waals surface area contributed by atoms with Crippen LogP contribution in [0.1, 0.15) is 29.2 Å². The molecule has 0 bridgehead atoms. The summed E-state index contributed by atoms with van der Waals surface area (Å²) in [6.07, 6.45) is 3.94. The summed E-state index contributed by atoms with van der Waals surface area (Å²) in [5, 5.41) is 0.315. The smallest absolute Gasteiger partial charge is 0.200 e. The number of aromatic nitrogens is 1. The Morgan fingerprint density at radius 1 is 1.42 bits per heavy atom. The van der Waals surface area contributed by atoms with Crippen molar-refractivity contribution in [3.05, 3.63) is 39.9 Å². The SMILES string of the molecule is COc1c(F)ccc2c(=O)c(C=O)cn(C3CC3)c12. The van der Waals surface area contributed by atoms with Crippen LogP contribution >= 0.6 is 0 Å². The van der Waals surface area contributed by atoms with E-state index in [1.165, 1.54) is 25.4 Å². The van der Waals surface area contributed by atoms with Gasteiger partial charge in [0, 0.05) is 12.2 Å². The molecular weight excluding hydrogens is 249 g/mol. The summed E-state index contributed by atoms with van der Waals surface area (Å²) in [5.41, 5.74) is 0.133. The van der Waals surface area contributed by atoms with E-state index in [0.717, 1.165) is 12.8 Å². The van der Waals surface area contributed by atoms with Gasteiger partial charge in [-0.3, -0.25) is 9.59 Å². The molecule has 5 heteroatoms. The van der Waals surface area contributed by atoms with Gasteiger partial charge in [0.2, 0.25) is 0 Å². The number of fused-ring (bicyclic) bond motifs is 1. The van der Waals surface area contributed by atoms with Crippen LogP contribution in [0.3, 0.4) is 0 Å². The molecule has 2 aromatic rings. The topological polar surface area (TPSA) is 48.3 Å². The molecule has 0 N–H and O–H groups in total. The molecule has 0 atom stereocenters. The highest BCUT2D eigenvalue weighted by Gasteiger charge is 2.27. The Hall–Kier alpha value is -2.17. The molecule has 98 valence electrons. The summed E-state index contributed by atoms with van der Waals surface area (Å²) in [6, 6.07) is 2.80. The molecule has 0 radical (unpaired) electrons. The normalized spacial score (nSPS) is 14.6. The van der Waals surface area contributed by atoms with E-state index in [2.05, 4.69) is 0 Å². The molecule has 0 unspecified atom stereocenters. The van der Waals surface area contributed by atoms with Gasteiger partial charge in [-0.15, -0.1) is 0 Å². The number of nitrogens with zero attached hydrogens (tertiary/aromatic N) is 1. The molecule has 1 aromatic carbocycles. The minimum Gasteiger partial charge on any atom is -0.492 e. The zero-order chi connectivity index (χ0) is 13.6. The molecule has 1 fully saturated rings. The Labute approximate surface area is 108 Å². The fourth-order valence-electron chi connectivity index (χ4n) is 2.33. The largest absolute Gasteiger partial charge is 0.492 e.